The first-order chi connectivity index (χ1) is 15.1. The van der Waals surface area contributed by atoms with Crippen molar-refractivity contribution in [3.05, 3.63) is 42.3 Å². The molecule has 0 fully saturated rings. The second-order valence-electron chi connectivity index (χ2n) is 6.76. The number of hydrogen-bond donors (Lipinski definition) is 1. The molecule has 0 saturated carbocycles. The van der Waals surface area contributed by atoms with Crippen molar-refractivity contribution >= 4 is 16.9 Å². The fourth-order valence-electron chi connectivity index (χ4n) is 2.99. The zero-order valence-corrected chi connectivity index (χ0v) is 18.7. The van der Waals surface area contributed by atoms with Gasteiger partial charge in [0.15, 0.2) is 17.3 Å². The first-order valence-electron chi connectivity index (χ1n) is 10.5. The van der Waals surface area contributed by atoms with Crippen molar-refractivity contribution in [2.75, 3.05) is 25.9 Å². The van der Waals surface area contributed by atoms with Gasteiger partial charge in [-0.2, -0.15) is 0 Å². The number of nitrogens with two attached hydrogens (primary N) is 1. The smallest absolute Gasteiger partial charge is 0.199 e. The van der Waals surface area contributed by atoms with Crippen molar-refractivity contribution in [2.24, 2.45) is 0 Å². The molecule has 0 saturated heterocycles. The minimum Gasteiger partial charge on any atom is -0.379 e. The van der Waals surface area contributed by atoms with Crippen molar-refractivity contribution in [1.82, 2.24) is 29.7 Å². The molecule has 0 aliphatic heterocycles. The number of allylic oxidation sites excluding steroid dienone is 3. The minimum absolute atomic E-state index is 0.197. The van der Waals surface area contributed by atoms with Gasteiger partial charge < -0.3 is 15.2 Å². The Balaban J connectivity index is 0.00000166. The van der Waals surface area contributed by atoms with Gasteiger partial charge in [-0.1, -0.05) is 45.3 Å². The summed E-state index contributed by atoms with van der Waals surface area (Å²) in [7, 11) is 2.08. The zero-order valence-electron chi connectivity index (χ0n) is 18.7. The lowest BCUT2D eigenvalue weighted by atomic mass is 10.2. The van der Waals surface area contributed by atoms with Crippen LogP contribution in [0.4, 0.5) is 5.82 Å². The van der Waals surface area contributed by atoms with E-state index in [2.05, 4.69) is 45.1 Å². The summed E-state index contributed by atoms with van der Waals surface area (Å²) >= 11 is 0. The normalized spacial score (nSPS) is 11.7. The molecule has 164 valence electrons. The molecule has 3 aromatic heterocycles. The molecule has 0 aromatic carbocycles. The first kappa shape index (κ1) is 23.8. The van der Waals surface area contributed by atoms with Crippen LogP contribution in [0.25, 0.3) is 22.6 Å². The van der Waals surface area contributed by atoms with Crippen molar-refractivity contribution in [1.29, 1.82) is 0 Å². The van der Waals surface area contributed by atoms with Crippen LogP contribution in [0.2, 0.25) is 0 Å². The quantitative estimate of drug-likeness (QED) is 0.413. The lowest BCUT2D eigenvalue weighted by Gasteiger charge is -2.15. The van der Waals surface area contributed by atoms with Crippen LogP contribution in [0.3, 0.4) is 0 Å². The third-order valence-electron chi connectivity index (χ3n) is 4.52. The van der Waals surface area contributed by atoms with E-state index in [0.29, 0.717) is 18.1 Å². The maximum absolute atomic E-state index is 5.87. The number of unbranched alkanes of at least 4 members (excludes halogenated alkanes) is 1. The van der Waals surface area contributed by atoms with Gasteiger partial charge in [0.25, 0.3) is 0 Å². The van der Waals surface area contributed by atoms with Gasteiger partial charge in [0.05, 0.1) is 11.7 Å². The van der Waals surface area contributed by atoms with E-state index < -0.39 is 0 Å². The summed E-state index contributed by atoms with van der Waals surface area (Å²) in [5.74, 6) is 3.55. The first-order valence-corrected chi connectivity index (χ1v) is 10.5. The van der Waals surface area contributed by atoms with Gasteiger partial charge in [0, 0.05) is 24.9 Å². The lowest BCUT2D eigenvalue weighted by Crippen LogP contribution is -2.21. The fraction of sp³-hybridized carbons (Fsp3) is 0.391. The van der Waals surface area contributed by atoms with E-state index in [1.165, 1.54) is 6.42 Å². The van der Waals surface area contributed by atoms with Crippen molar-refractivity contribution < 1.29 is 4.63 Å². The van der Waals surface area contributed by atoms with Gasteiger partial charge in [-0.25, -0.2) is 9.61 Å². The Morgan fingerprint density at radius 2 is 2.16 bits per heavy atom. The number of pyridine rings is 1. The summed E-state index contributed by atoms with van der Waals surface area (Å²) < 4.78 is 6.73. The van der Waals surface area contributed by atoms with Crippen LogP contribution in [-0.2, 0) is 6.54 Å². The van der Waals surface area contributed by atoms with Crippen LogP contribution in [0, 0.1) is 12.3 Å². The predicted molar refractivity (Wildman–Crippen MR) is 125 cm³/mol. The maximum atomic E-state index is 5.87. The summed E-state index contributed by atoms with van der Waals surface area (Å²) in [5, 5.41) is 7.54. The molecule has 0 radical (unpaired) electrons. The summed E-state index contributed by atoms with van der Waals surface area (Å²) in [6.07, 6.45) is 17.4. The standard InChI is InChI=1S/C21H25N7O.C2H6/c1-4-6-12-27(3)15-16(5-2)9-7-8-13-28-18-10-11-23-14-17(18)24-21(28)19-20(22)26-29-25-19;1-2/h2,7-11,14H,4,6,12-13,15H2,1,3H3,(H2,22,26);1-2H3/b8-7-,16-9+;. The van der Waals surface area contributed by atoms with Crippen molar-refractivity contribution in [3.8, 4) is 23.9 Å². The Kier molecular flexibility index (Phi) is 9.46. The number of aromatic nitrogens is 5. The molecule has 0 unspecified atom stereocenters. The van der Waals surface area contributed by atoms with Crippen LogP contribution in [0.5, 0.6) is 0 Å². The molecule has 0 aliphatic rings. The lowest BCUT2D eigenvalue weighted by molar-refractivity contribution is 0.310. The third kappa shape index (κ3) is 6.27. The highest BCUT2D eigenvalue weighted by Gasteiger charge is 2.18. The van der Waals surface area contributed by atoms with E-state index in [-0.39, 0.29) is 5.82 Å². The number of hydrogen-bond acceptors (Lipinski definition) is 7. The Morgan fingerprint density at radius 3 is 2.84 bits per heavy atom. The number of imidazole rings is 1. The molecule has 0 atom stereocenters. The average Bonchev–Trinajstić information content (AvgIpc) is 3.38. The SMILES string of the molecule is C#C/C(=C\C=C/Cn1c(-c2nonc2N)nc2cnccc21)CN(C)CCCC.CC. The van der Waals surface area contributed by atoms with Gasteiger partial charge in [-0.05, 0) is 42.5 Å². The van der Waals surface area contributed by atoms with Gasteiger partial charge >= 0.3 is 0 Å². The Hall–Kier alpha value is -3.44. The number of anilines is 1. The molecule has 3 heterocycles. The Bertz CT molecular complexity index is 1060. The number of fused-ring (bicyclic) bond motifs is 1. The van der Waals surface area contributed by atoms with Crippen LogP contribution in [-0.4, -0.2) is 49.9 Å². The van der Waals surface area contributed by atoms with Crippen LogP contribution >= 0.6 is 0 Å². The number of rotatable bonds is 9. The van der Waals surface area contributed by atoms with Crippen molar-refractivity contribution in [3.63, 3.8) is 0 Å². The van der Waals surface area contributed by atoms with E-state index in [1.54, 1.807) is 12.4 Å². The Labute approximate surface area is 183 Å². The molecule has 8 heteroatoms. The van der Waals surface area contributed by atoms with Gasteiger partial charge in [0.2, 0.25) is 0 Å². The van der Waals surface area contributed by atoms with Crippen LogP contribution in [0.15, 0.2) is 46.9 Å². The summed E-state index contributed by atoms with van der Waals surface area (Å²) in [5.41, 5.74) is 8.88. The van der Waals surface area contributed by atoms with Crippen molar-refractivity contribution in [2.45, 2.75) is 40.2 Å². The largest absolute Gasteiger partial charge is 0.379 e. The Morgan fingerprint density at radius 1 is 1.35 bits per heavy atom. The van der Waals surface area contributed by atoms with E-state index in [9.17, 15) is 0 Å². The second-order valence-corrected chi connectivity index (χ2v) is 6.76. The van der Waals surface area contributed by atoms with E-state index in [1.807, 2.05) is 42.7 Å². The summed E-state index contributed by atoms with van der Waals surface area (Å²) in [4.78, 5) is 10.9. The van der Waals surface area contributed by atoms with Crippen LogP contribution < -0.4 is 5.73 Å². The molecule has 8 nitrogen and oxygen atoms in total. The molecule has 0 amide bonds. The molecule has 3 rings (SSSR count). The third-order valence-corrected chi connectivity index (χ3v) is 4.52. The number of likely N-dealkylation sites (N-methyl/N-ethyl adjacent to an activating group) is 1. The molecule has 0 spiro atoms. The maximum Gasteiger partial charge on any atom is 0.199 e. The van der Waals surface area contributed by atoms with E-state index in [4.69, 9.17) is 16.8 Å². The molecule has 31 heavy (non-hydrogen) atoms. The summed E-state index contributed by atoms with van der Waals surface area (Å²) in [6, 6.07) is 1.90. The molecule has 2 N–H and O–H groups in total. The van der Waals surface area contributed by atoms with Gasteiger partial charge in [-0.3, -0.25) is 4.98 Å². The highest BCUT2D eigenvalue weighted by Crippen LogP contribution is 2.26. The highest BCUT2D eigenvalue weighted by molar-refractivity contribution is 5.80. The predicted octanol–water partition coefficient (Wildman–Crippen LogP) is 3.94. The number of nitrogens with zero attached hydrogens (tertiary/aromatic N) is 6. The van der Waals surface area contributed by atoms with E-state index >= 15 is 0 Å². The fourth-order valence-corrected chi connectivity index (χ4v) is 2.99. The number of nitrogen functional groups attached to an aromatic ring is 1. The monoisotopic (exact) mass is 421 g/mol. The van der Waals surface area contributed by atoms with Crippen LogP contribution in [0.1, 0.15) is 33.6 Å². The zero-order chi connectivity index (χ0) is 22.6. The molecular formula is C23H31N7O. The average molecular weight is 422 g/mol. The highest BCUT2D eigenvalue weighted by atomic mass is 16.6. The minimum atomic E-state index is 0.197. The van der Waals surface area contributed by atoms with Gasteiger partial charge in [-0.15, -0.1) is 6.42 Å². The van der Waals surface area contributed by atoms with Gasteiger partial charge in [0.1, 0.15) is 5.52 Å². The topological polar surface area (TPSA) is 98.9 Å². The second kappa shape index (κ2) is 12.3. The molecule has 0 aliphatic carbocycles. The molecular weight excluding hydrogens is 390 g/mol. The summed E-state index contributed by atoms with van der Waals surface area (Å²) in [6.45, 7) is 8.53. The molecule has 0 bridgehead atoms. The molecule has 3 aromatic rings. The number of terminal acetylenes is 1. The van der Waals surface area contributed by atoms with E-state index in [0.717, 1.165) is 36.1 Å².